The third-order valence-corrected chi connectivity index (χ3v) is 3.93. The number of guanidine groups is 1. The van der Waals surface area contributed by atoms with Crippen LogP contribution in [0.1, 0.15) is 25.3 Å². The van der Waals surface area contributed by atoms with Gasteiger partial charge in [0.2, 0.25) is 0 Å². The molecular formula is C15H23ClIN3O. The van der Waals surface area contributed by atoms with Crippen LogP contribution in [0.15, 0.2) is 29.3 Å². The highest BCUT2D eigenvalue weighted by Gasteiger charge is 2.29. The van der Waals surface area contributed by atoms with E-state index in [1.807, 2.05) is 24.3 Å². The number of hydrogen-bond acceptors (Lipinski definition) is 2. The number of rotatable bonds is 4. The molecule has 2 rings (SSSR count). The Morgan fingerprint density at radius 1 is 1.38 bits per heavy atom. The summed E-state index contributed by atoms with van der Waals surface area (Å²) in [4.78, 5) is 4.22. The van der Waals surface area contributed by atoms with Gasteiger partial charge in [0.05, 0.1) is 5.60 Å². The van der Waals surface area contributed by atoms with Gasteiger partial charge >= 0.3 is 0 Å². The second-order valence-corrected chi connectivity index (χ2v) is 5.68. The predicted molar refractivity (Wildman–Crippen MR) is 98.7 cm³/mol. The lowest BCUT2D eigenvalue weighted by Gasteiger charge is -2.24. The molecule has 0 aliphatic carbocycles. The first-order valence-corrected chi connectivity index (χ1v) is 7.33. The maximum atomic E-state index is 6.13. The van der Waals surface area contributed by atoms with Crippen molar-refractivity contribution in [2.75, 3.05) is 20.2 Å². The zero-order valence-corrected chi connectivity index (χ0v) is 15.6. The highest BCUT2D eigenvalue weighted by atomic mass is 127. The van der Waals surface area contributed by atoms with Gasteiger partial charge in [-0.3, -0.25) is 4.99 Å². The lowest BCUT2D eigenvalue weighted by Crippen LogP contribution is -2.45. The summed E-state index contributed by atoms with van der Waals surface area (Å²) >= 11 is 6.13. The molecule has 0 saturated carbocycles. The number of hydrogen-bond donors (Lipinski definition) is 2. The van der Waals surface area contributed by atoms with Crippen molar-refractivity contribution in [1.29, 1.82) is 0 Å². The van der Waals surface area contributed by atoms with Gasteiger partial charge in [-0.15, -0.1) is 24.0 Å². The van der Waals surface area contributed by atoms with Crippen LogP contribution in [0.5, 0.6) is 0 Å². The Bertz CT molecular complexity index is 476. The number of halogens is 2. The third kappa shape index (κ3) is 5.64. The average Bonchev–Trinajstić information content (AvgIpc) is 2.88. The molecule has 0 aromatic heterocycles. The van der Waals surface area contributed by atoms with Crippen molar-refractivity contribution < 1.29 is 4.74 Å². The lowest BCUT2D eigenvalue weighted by atomic mass is 10.0. The van der Waals surface area contributed by atoms with Gasteiger partial charge in [-0.25, -0.2) is 0 Å². The summed E-state index contributed by atoms with van der Waals surface area (Å²) in [6, 6.07) is 7.80. The van der Waals surface area contributed by atoms with E-state index < -0.39 is 0 Å². The fourth-order valence-corrected chi connectivity index (χ4v) is 2.49. The minimum atomic E-state index is -0.0813. The normalized spacial score (nSPS) is 21.8. The van der Waals surface area contributed by atoms with E-state index in [0.717, 1.165) is 42.5 Å². The molecule has 0 spiro atoms. The number of benzene rings is 1. The Hall–Kier alpha value is -0.530. The van der Waals surface area contributed by atoms with Gasteiger partial charge in [0, 0.05) is 31.8 Å². The van der Waals surface area contributed by atoms with E-state index in [1.54, 1.807) is 7.05 Å². The van der Waals surface area contributed by atoms with E-state index in [-0.39, 0.29) is 29.6 Å². The van der Waals surface area contributed by atoms with Crippen LogP contribution in [0.4, 0.5) is 0 Å². The van der Waals surface area contributed by atoms with Gasteiger partial charge in [-0.1, -0.05) is 29.8 Å². The standard InChI is InChI=1S/C15H22ClN3O.HI/c1-15(8-5-9-20-15)11-19-14(17-2)18-10-12-6-3-4-7-13(12)16;/h3-4,6-7H,5,8-11H2,1-2H3,(H2,17,18,19);1H. The molecule has 1 aliphatic heterocycles. The molecule has 0 radical (unpaired) electrons. The molecule has 0 amide bonds. The summed E-state index contributed by atoms with van der Waals surface area (Å²) in [6.45, 7) is 4.39. The highest BCUT2D eigenvalue weighted by Crippen LogP contribution is 2.23. The summed E-state index contributed by atoms with van der Waals surface area (Å²) in [5.74, 6) is 0.765. The first-order chi connectivity index (χ1) is 9.63. The maximum absolute atomic E-state index is 6.13. The van der Waals surface area contributed by atoms with Crippen molar-refractivity contribution in [1.82, 2.24) is 10.6 Å². The minimum Gasteiger partial charge on any atom is -0.373 e. The number of nitrogens with one attached hydrogen (secondary N) is 2. The smallest absolute Gasteiger partial charge is 0.191 e. The fourth-order valence-electron chi connectivity index (χ4n) is 2.29. The van der Waals surface area contributed by atoms with Gasteiger partial charge in [0.15, 0.2) is 5.96 Å². The Morgan fingerprint density at radius 2 is 2.14 bits per heavy atom. The van der Waals surface area contributed by atoms with Gasteiger partial charge in [0.1, 0.15) is 0 Å². The fraction of sp³-hybridized carbons (Fsp3) is 0.533. The van der Waals surface area contributed by atoms with Crippen molar-refractivity contribution in [2.45, 2.75) is 31.9 Å². The Kier molecular flexibility index (Phi) is 7.76. The van der Waals surface area contributed by atoms with Gasteiger partial charge in [-0.05, 0) is 31.4 Å². The molecule has 1 aromatic carbocycles. The lowest BCUT2D eigenvalue weighted by molar-refractivity contribution is 0.0243. The van der Waals surface area contributed by atoms with Crippen molar-refractivity contribution >= 4 is 41.5 Å². The predicted octanol–water partition coefficient (Wildman–Crippen LogP) is 3.19. The molecule has 2 N–H and O–H groups in total. The minimum absolute atomic E-state index is 0. The molecule has 0 bridgehead atoms. The summed E-state index contributed by atoms with van der Waals surface area (Å²) in [5.41, 5.74) is 0.975. The van der Waals surface area contributed by atoms with Crippen molar-refractivity contribution in [3.63, 3.8) is 0 Å². The van der Waals surface area contributed by atoms with E-state index in [0.29, 0.717) is 6.54 Å². The average molecular weight is 424 g/mol. The summed E-state index contributed by atoms with van der Waals surface area (Å²) in [6.07, 6.45) is 2.21. The molecule has 1 fully saturated rings. The zero-order chi connectivity index (χ0) is 14.4. The summed E-state index contributed by atoms with van der Waals surface area (Å²) < 4.78 is 5.75. The molecular weight excluding hydrogens is 401 g/mol. The molecule has 4 nitrogen and oxygen atoms in total. The molecule has 1 unspecified atom stereocenters. The Balaban J connectivity index is 0.00000220. The zero-order valence-electron chi connectivity index (χ0n) is 12.5. The monoisotopic (exact) mass is 423 g/mol. The largest absolute Gasteiger partial charge is 0.373 e. The van der Waals surface area contributed by atoms with Crippen LogP contribution in [0.3, 0.4) is 0 Å². The quantitative estimate of drug-likeness (QED) is 0.444. The molecule has 1 atom stereocenters. The Morgan fingerprint density at radius 3 is 2.76 bits per heavy atom. The third-order valence-electron chi connectivity index (χ3n) is 3.56. The first kappa shape index (κ1) is 18.5. The Labute approximate surface area is 148 Å². The van der Waals surface area contributed by atoms with Gasteiger partial charge in [-0.2, -0.15) is 0 Å². The summed E-state index contributed by atoms with van der Waals surface area (Å²) in [5, 5.41) is 7.34. The van der Waals surface area contributed by atoms with Crippen LogP contribution in [0, 0.1) is 0 Å². The van der Waals surface area contributed by atoms with E-state index in [9.17, 15) is 0 Å². The number of aliphatic imine (C=N–C) groups is 1. The van der Waals surface area contributed by atoms with E-state index in [1.165, 1.54) is 0 Å². The van der Waals surface area contributed by atoms with Crippen LogP contribution in [0.2, 0.25) is 5.02 Å². The molecule has 1 heterocycles. The second-order valence-electron chi connectivity index (χ2n) is 5.27. The van der Waals surface area contributed by atoms with Crippen molar-refractivity contribution in [2.24, 2.45) is 4.99 Å². The van der Waals surface area contributed by atoms with Crippen molar-refractivity contribution in [3.8, 4) is 0 Å². The van der Waals surface area contributed by atoms with Crippen LogP contribution in [-0.2, 0) is 11.3 Å². The SMILES string of the molecule is CN=C(NCc1ccccc1Cl)NCC1(C)CCCO1.I. The molecule has 118 valence electrons. The highest BCUT2D eigenvalue weighted by molar-refractivity contribution is 14.0. The van der Waals surface area contributed by atoms with Crippen molar-refractivity contribution in [3.05, 3.63) is 34.9 Å². The second kappa shape index (κ2) is 8.80. The van der Waals surface area contributed by atoms with Crippen LogP contribution >= 0.6 is 35.6 Å². The van der Waals surface area contributed by atoms with Gasteiger partial charge in [0.25, 0.3) is 0 Å². The van der Waals surface area contributed by atoms with Crippen LogP contribution < -0.4 is 10.6 Å². The topological polar surface area (TPSA) is 45.7 Å². The van der Waals surface area contributed by atoms with Crippen LogP contribution in [-0.4, -0.2) is 31.8 Å². The molecule has 6 heteroatoms. The van der Waals surface area contributed by atoms with E-state index in [4.69, 9.17) is 16.3 Å². The first-order valence-electron chi connectivity index (χ1n) is 6.95. The van der Waals surface area contributed by atoms with Crippen LogP contribution in [0.25, 0.3) is 0 Å². The molecule has 1 aromatic rings. The number of ether oxygens (including phenoxy) is 1. The molecule has 1 aliphatic rings. The molecule has 1 saturated heterocycles. The maximum Gasteiger partial charge on any atom is 0.191 e. The van der Waals surface area contributed by atoms with Gasteiger partial charge < -0.3 is 15.4 Å². The van der Waals surface area contributed by atoms with E-state index >= 15 is 0 Å². The number of nitrogens with zero attached hydrogens (tertiary/aromatic N) is 1. The summed E-state index contributed by atoms with van der Waals surface area (Å²) in [7, 11) is 1.76. The van der Waals surface area contributed by atoms with E-state index in [2.05, 4.69) is 22.5 Å². The molecule has 21 heavy (non-hydrogen) atoms.